The van der Waals surface area contributed by atoms with E-state index < -0.39 is 17.7 Å². The van der Waals surface area contributed by atoms with E-state index in [2.05, 4.69) is 5.43 Å². The highest BCUT2D eigenvalue weighted by Crippen LogP contribution is 2.39. The van der Waals surface area contributed by atoms with Crippen LogP contribution in [-0.4, -0.2) is 35.0 Å². The van der Waals surface area contributed by atoms with Crippen molar-refractivity contribution in [2.24, 2.45) is 5.92 Å². The molecule has 0 aromatic heterocycles. The molecule has 1 saturated heterocycles. The average Bonchev–Trinajstić information content (AvgIpc) is 3.19. The van der Waals surface area contributed by atoms with Crippen molar-refractivity contribution in [2.45, 2.75) is 45.5 Å². The lowest BCUT2D eigenvalue weighted by atomic mass is 9.93. The lowest BCUT2D eigenvalue weighted by Crippen LogP contribution is -2.39. The number of aryl methyl sites for hydroxylation is 1. The SMILES string of the molecule is Cc1cc(C(F)(F)F)cc2c1N(Cc1c(Cl)ccc(C(=O)N3CCC(CC(=O)O)CC3)c1Cl)NC2. The van der Waals surface area contributed by atoms with Gasteiger partial charge in [-0.3, -0.25) is 9.59 Å². The Kier molecular flexibility index (Phi) is 7.22. The molecular formula is C24H24Cl2F3N3O3. The molecule has 0 bridgehead atoms. The highest BCUT2D eigenvalue weighted by molar-refractivity contribution is 6.38. The third kappa shape index (κ3) is 5.37. The van der Waals surface area contributed by atoms with Crippen molar-refractivity contribution in [1.82, 2.24) is 10.3 Å². The first-order chi connectivity index (χ1) is 16.5. The Morgan fingerprint density at radius 1 is 1.17 bits per heavy atom. The maximum Gasteiger partial charge on any atom is 0.416 e. The first kappa shape index (κ1) is 25.6. The number of carbonyl (C=O) groups is 2. The molecule has 0 aliphatic carbocycles. The van der Waals surface area contributed by atoms with E-state index in [0.717, 1.165) is 12.1 Å². The number of rotatable bonds is 5. The fraction of sp³-hybridized carbons (Fsp3) is 0.417. The molecule has 11 heteroatoms. The van der Waals surface area contributed by atoms with Crippen LogP contribution in [0.3, 0.4) is 0 Å². The van der Waals surface area contributed by atoms with Crippen LogP contribution in [0, 0.1) is 12.8 Å². The van der Waals surface area contributed by atoms with E-state index in [4.69, 9.17) is 28.3 Å². The number of anilines is 1. The minimum atomic E-state index is -4.43. The third-order valence-electron chi connectivity index (χ3n) is 6.53. The summed E-state index contributed by atoms with van der Waals surface area (Å²) in [6.07, 6.45) is -3.15. The summed E-state index contributed by atoms with van der Waals surface area (Å²) in [4.78, 5) is 25.8. The largest absolute Gasteiger partial charge is 0.481 e. The first-order valence-corrected chi connectivity index (χ1v) is 11.9. The van der Waals surface area contributed by atoms with Crippen LogP contribution in [0.15, 0.2) is 24.3 Å². The number of aliphatic carboxylic acids is 1. The van der Waals surface area contributed by atoms with Gasteiger partial charge in [-0.15, -0.1) is 0 Å². The first-order valence-electron chi connectivity index (χ1n) is 11.2. The summed E-state index contributed by atoms with van der Waals surface area (Å²) in [5, 5.41) is 11.2. The van der Waals surface area contributed by atoms with Crippen LogP contribution >= 0.6 is 23.2 Å². The maximum absolute atomic E-state index is 13.2. The number of amides is 1. The Morgan fingerprint density at radius 2 is 1.86 bits per heavy atom. The number of likely N-dealkylation sites (tertiary alicyclic amines) is 1. The molecule has 6 nitrogen and oxygen atoms in total. The molecule has 0 radical (unpaired) electrons. The van der Waals surface area contributed by atoms with Gasteiger partial charge in [-0.25, -0.2) is 5.43 Å². The molecule has 2 heterocycles. The van der Waals surface area contributed by atoms with Gasteiger partial charge in [-0.05, 0) is 61.1 Å². The number of alkyl halides is 3. The zero-order valence-electron chi connectivity index (χ0n) is 18.9. The van der Waals surface area contributed by atoms with E-state index in [1.165, 1.54) is 0 Å². The fourth-order valence-corrected chi connectivity index (χ4v) is 5.33. The molecule has 2 aliphatic heterocycles. The number of carboxylic acid groups (broad SMARTS) is 1. The predicted octanol–water partition coefficient (Wildman–Crippen LogP) is 5.67. The molecule has 2 N–H and O–H groups in total. The van der Waals surface area contributed by atoms with Gasteiger partial charge >= 0.3 is 12.1 Å². The van der Waals surface area contributed by atoms with E-state index in [1.807, 2.05) is 0 Å². The van der Waals surface area contributed by atoms with Crippen molar-refractivity contribution in [3.05, 3.63) is 62.1 Å². The van der Waals surface area contributed by atoms with Crippen molar-refractivity contribution in [3.8, 4) is 0 Å². The molecule has 0 unspecified atom stereocenters. The molecule has 1 fully saturated rings. The van der Waals surface area contributed by atoms with Gasteiger partial charge in [-0.2, -0.15) is 13.2 Å². The number of carboxylic acids is 1. The molecular weight excluding hydrogens is 506 g/mol. The maximum atomic E-state index is 13.2. The van der Waals surface area contributed by atoms with Crippen LogP contribution in [0.1, 0.15) is 51.9 Å². The molecule has 2 aromatic carbocycles. The van der Waals surface area contributed by atoms with Gasteiger partial charge in [0, 0.05) is 36.6 Å². The molecule has 188 valence electrons. The number of carbonyl (C=O) groups excluding carboxylic acids is 1. The minimum Gasteiger partial charge on any atom is -0.481 e. The van der Waals surface area contributed by atoms with Gasteiger partial charge in [-0.1, -0.05) is 23.2 Å². The van der Waals surface area contributed by atoms with Crippen molar-refractivity contribution in [3.63, 3.8) is 0 Å². The summed E-state index contributed by atoms with van der Waals surface area (Å²) in [6, 6.07) is 5.39. The highest BCUT2D eigenvalue weighted by Gasteiger charge is 2.34. The zero-order valence-corrected chi connectivity index (χ0v) is 20.4. The Balaban J connectivity index is 1.55. The number of hydrazine groups is 1. The number of halogens is 5. The smallest absolute Gasteiger partial charge is 0.416 e. The summed E-state index contributed by atoms with van der Waals surface area (Å²) in [5.74, 6) is -1.07. The van der Waals surface area contributed by atoms with Gasteiger partial charge in [0.2, 0.25) is 0 Å². The Labute approximate surface area is 210 Å². The predicted molar refractivity (Wildman–Crippen MR) is 127 cm³/mol. The molecule has 35 heavy (non-hydrogen) atoms. The van der Waals surface area contributed by atoms with Crippen LogP contribution in [0.4, 0.5) is 18.9 Å². The summed E-state index contributed by atoms with van der Waals surface area (Å²) in [7, 11) is 0. The Morgan fingerprint density at radius 3 is 2.49 bits per heavy atom. The number of hydrogen-bond donors (Lipinski definition) is 2. The molecule has 0 atom stereocenters. The number of nitrogens with one attached hydrogen (secondary N) is 1. The van der Waals surface area contributed by atoms with Gasteiger partial charge in [0.05, 0.1) is 28.4 Å². The van der Waals surface area contributed by atoms with Gasteiger partial charge in [0.15, 0.2) is 0 Å². The van der Waals surface area contributed by atoms with Crippen molar-refractivity contribution in [1.29, 1.82) is 0 Å². The number of hydrogen-bond acceptors (Lipinski definition) is 4. The summed E-state index contributed by atoms with van der Waals surface area (Å²) in [5.41, 5.74) is 4.75. The standard InChI is InChI=1S/C24H24Cl2F3N3O3/c1-13-8-16(24(27,28)29)10-15-11-30-32(22(13)15)12-18-19(25)3-2-17(21(18)26)23(35)31-6-4-14(5-7-31)9-20(33)34/h2-3,8,10,14,30H,4-7,9,11-12H2,1H3,(H,33,34). The molecule has 1 amide bonds. The molecule has 2 aromatic rings. The number of piperidine rings is 1. The molecule has 2 aliphatic rings. The number of fused-ring (bicyclic) bond motifs is 1. The molecule has 0 saturated carbocycles. The van der Waals surface area contributed by atoms with Crippen molar-refractivity contribution in [2.75, 3.05) is 18.1 Å². The lowest BCUT2D eigenvalue weighted by molar-refractivity contribution is -0.139. The Hall–Kier alpha value is -2.49. The average molecular weight is 530 g/mol. The highest BCUT2D eigenvalue weighted by atomic mass is 35.5. The minimum absolute atomic E-state index is 0.0372. The second-order valence-corrected chi connectivity index (χ2v) is 9.73. The quantitative estimate of drug-likeness (QED) is 0.521. The van der Waals surface area contributed by atoms with Crippen molar-refractivity contribution >= 4 is 40.8 Å². The van der Waals surface area contributed by atoms with Crippen LogP contribution in [0.2, 0.25) is 10.0 Å². The van der Waals surface area contributed by atoms with Crippen LogP contribution in [-0.2, 0) is 24.1 Å². The van der Waals surface area contributed by atoms with Gasteiger partial charge < -0.3 is 15.0 Å². The number of benzene rings is 2. The van der Waals surface area contributed by atoms with Crippen molar-refractivity contribution < 1.29 is 27.9 Å². The third-order valence-corrected chi connectivity index (χ3v) is 7.32. The molecule has 0 spiro atoms. The fourth-order valence-electron chi connectivity index (χ4n) is 4.76. The lowest BCUT2D eigenvalue weighted by Gasteiger charge is -2.32. The van der Waals surface area contributed by atoms with E-state index in [-0.39, 0.29) is 41.9 Å². The zero-order chi connectivity index (χ0) is 25.5. The second-order valence-electron chi connectivity index (χ2n) is 8.94. The summed E-state index contributed by atoms with van der Waals surface area (Å²) < 4.78 is 39.6. The van der Waals surface area contributed by atoms with E-state index in [9.17, 15) is 22.8 Å². The van der Waals surface area contributed by atoms with Crippen LogP contribution in [0.5, 0.6) is 0 Å². The normalized spacial score (nSPS) is 16.5. The van der Waals surface area contributed by atoms with Gasteiger partial charge in [0.25, 0.3) is 5.91 Å². The van der Waals surface area contributed by atoms with E-state index >= 15 is 0 Å². The summed E-state index contributed by atoms with van der Waals surface area (Å²) >= 11 is 13.1. The summed E-state index contributed by atoms with van der Waals surface area (Å²) in [6.45, 7) is 2.86. The number of nitrogens with zero attached hydrogens (tertiary/aromatic N) is 2. The Bertz CT molecular complexity index is 1160. The van der Waals surface area contributed by atoms with Crippen LogP contribution in [0.25, 0.3) is 0 Å². The topological polar surface area (TPSA) is 72.9 Å². The van der Waals surface area contributed by atoms with Gasteiger partial charge in [0.1, 0.15) is 0 Å². The molecule has 4 rings (SSSR count). The monoisotopic (exact) mass is 529 g/mol. The van der Waals surface area contributed by atoms with Crippen LogP contribution < -0.4 is 10.4 Å². The second kappa shape index (κ2) is 9.87. The van der Waals surface area contributed by atoms with E-state index in [1.54, 1.807) is 29.0 Å². The van der Waals surface area contributed by atoms with E-state index in [0.29, 0.717) is 53.3 Å².